The quantitative estimate of drug-likeness (QED) is 0.497. The number of fused-ring (bicyclic) bond motifs is 1. The molecular formula is C5H4N4O2. The van der Waals surface area contributed by atoms with Gasteiger partial charge >= 0.3 is 0 Å². The van der Waals surface area contributed by atoms with Gasteiger partial charge in [0, 0.05) is 0 Å². The average Bonchev–Trinajstić information content (AvgIpc) is 2.34. The molecule has 6 heteroatoms. The summed E-state index contributed by atoms with van der Waals surface area (Å²) in [6.07, 6.45) is 1.14. The molecule has 1 aromatic heterocycles. The number of aromatic nitrogens is 3. The van der Waals surface area contributed by atoms with E-state index in [0.29, 0.717) is 0 Å². The Hall–Kier alpha value is -1.72. The molecule has 1 amide bonds. The Labute approximate surface area is 61.2 Å². The van der Waals surface area contributed by atoms with Crippen molar-refractivity contribution in [3.63, 3.8) is 0 Å². The molecule has 0 aromatic carbocycles. The molecule has 0 fully saturated rings. The lowest BCUT2D eigenvalue weighted by atomic mass is 10.3. The molecule has 2 rings (SSSR count). The molecule has 0 unspecified atom stereocenters. The SMILES string of the molecule is O=C1CC(=O)n2cnnc2N1. The molecule has 0 spiro atoms. The first-order valence-electron chi connectivity index (χ1n) is 3.00. The van der Waals surface area contributed by atoms with Gasteiger partial charge in [0.05, 0.1) is 0 Å². The van der Waals surface area contributed by atoms with E-state index in [1.165, 1.54) is 10.9 Å². The van der Waals surface area contributed by atoms with Gasteiger partial charge in [0.15, 0.2) is 0 Å². The Balaban J connectivity index is 2.52. The van der Waals surface area contributed by atoms with Gasteiger partial charge in [-0.1, -0.05) is 0 Å². The molecule has 1 N–H and O–H groups in total. The van der Waals surface area contributed by atoms with Crippen LogP contribution in [0.15, 0.2) is 6.33 Å². The van der Waals surface area contributed by atoms with E-state index in [4.69, 9.17) is 0 Å². The summed E-state index contributed by atoms with van der Waals surface area (Å²) in [6, 6.07) is 0. The maximum Gasteiger partial charge on any atom is 0.244 e. The number of anilines is 1. The van der Waals surface area contributed by atoms with E-state index < -0.39 is 0 Å². The van der Waals surface area contributed by atoms with Crippen molar-refractivity contribution in [1.29, 1.82) is 0 Å². The third kappa shape index (κ3) is 0.794. The molecule has 0 saturated heterocycles. The van der Waals surface area contributed by atoms with Crippen LogP contribution in [0.3, 0.4) is 0 Å². The molecule has 1 aliphatic heterocycles. The van der Waals surface area contributed by atoms with Crippen molar-refractivity contribution in [1.82, 2.24) is 14.8 Å². The first-order chi connectivity index (χ1) is 5.27. The number of rotatable bonds is 0. The molecule has 2 heterocycles. The number of hydrogen-bond acceptors (Lipinski definition) is 4. The van der Waals surface area contributed by atoms with Crippen LogP contribution in [-0.4, -0.2) is 26.6 Å². The van der Waals surface area contributed by atoms with Crippen LogP contribution in [0.2, 0.25) is 0 Å². The highest BCUT2D eigenvalue weighted by molar-refractivity contribution is 6.08. The number of amides is 1. The van der Waals surface area contributed by atoms with Crippen molar-refractivity contribution in [2.24, 2.45) is 0 Å². The fraction of sp³-hybridized carbons (Fsp3) is 0.200. The highest BCUT2D eigenvalue weighted by Gasteiger charge is 2.22. The Morgan fingerprint density at radius 2 is 2.36 bits per heavy atom. The summed E-state index contributed by atoms with van der Waals surface area (Å²) < 4.78 is 1.21. The number of nitrogens with one attached hydrogen (secondary N) is 1. The fourth-order valence-electron chi connectivity index (χ4n) is 0.894. The summed E-state index contributed by atoms with van der Waals surface area (Å²) in [5.74, 6) is -0.435. The molecule has 0 saturated carbocycles. The lowest BCUT2D eigenvalue weighted by molar-refractivity contribution is -0.115. The van der Waals surface area contributed by atoms with E-state index in [0.717, 1.165) is 0 Å². The number of nitrogens with zero attached hydrogens (tertiary/aromatic N) is 3. The third-order valence-electron chi connectivity index (χ3n) is 1.38. The Morgan fingerprint density at radius 3 is 3.18 bits per heavy atom. The molecule has 0 bridgehead atoms. The Kier molecular flexibility index (Phi) is 1.03. The standard InChI is InChI=1S/C5H4N4O2/c10-3-1-4(11)9-2-6-8-5(9)7-3/h2H,1H2,(H,7,8,10). The molecule has 6 nitrogen and oxygen atoms in total. The van der Waals surface area contributed by atoms with Crippen molar-refractivity contribution in [3.8, 4) is 0 Å². The predicted octanol–water partition coefficient (Wildman–Crippen LogP) is -0.740. The summed E-state index contributed by atoms with van der Waals surface area (Å²) >= 11 is 0. The summed E-state index contributed by atoms with van der Waals surface area (Å²) in [4.78, 5) is 21.7. The van der Waals surface area contributed by atoms with Crippen LogP contribution in [0.4, 0.5) is 5.95 Å². The van der Waals surface area contributed by atoms with E-state index in [1.54, 1.807) is 0 Å². The van der Waals surface area contributed by atoms with Crippen molar-refractivity contribution in [2.45, 2.75) is 6.42 Å². The van der Waals surface area contributed by atoms with Crippen molar-refractivity contribution in [3.05, 3.63) is 6.33 Å². The van der Waals surface area contributed by atoms with Gasteiger partial charge in [-0.05, 0) is 0 Å². The van der Waals surface area contributed by atoms with Gasteiger partial charge in [-0.15, -0.1) is 10.2 Å². The van der Waals surface area contributed by atoms with Gasteiger partial charge < -0.3 is 0 Å². The minimum atomic E-state index is -0.337. The summed E-state index contributed by atoms with van der Waals surface area (Å²) in [5.41, 5.74) is 0. The van der Waals surface area contributed by atoms with E-state index in [1.807, 2.05) is 0 Å². The first-order valence-corrected chi connectivity index (χ1v) is 3.00. The molecule has 0 atom stereocenters. The highest BCUT2D eigenvalue weighted by Crippen LogP contribution is 2.09. The maximum atomic E-state index is 11.0. The lowest BCUT2D eigenvalue weighted by Gasteiger charge is -2.10. The average molecular weight is 152 g/mol. The van der Waals surface area contributed by atoms with E-state index in [9.17, 15) is 9.59 Å². The van der Waals surface area contributed by atoms with Gasteiger partial charge in [-0.3, -0.25) is 14.9 Å². The normalized spacial score (nSPS) is 16.0. The van der Waals surface area contributed by atoms with Crippen molar-refractivity contribution < 1.29 is 9.59 Å². The van der Waals surface area contributed by atoms with E-state index in [2.05, 4.69) is 15.5 Å². The predicted molar refractivity (Wildman–Crippen MR) is 33.9 cm³/mol. The van der Waals surface area contributed by atoms with Gasteiger partial charge in [-0.2, -0.15) is 0 Å². The smallest absolute Gasteiger partial charge is 0.244 e. The second kappa shape index (κ2) is 1.88. The van der Waals surface area contributed by atoms with E-state index >= 15 is 0 Å². The van der Waals surface area contributed by atoms with Crippen LogP contribution in [0.5, 0.6) is 0 Å². The van der Waals surface area contributed by atoms with Crippen LogP contribution in [0.25, 0.3) is 0 Å². The van der Waals surface area contributed by atoms with Crippen molar-refractivity contribution in [2.75, 3.05) is 5.32 Å². The van der Waals surface area contributed by atoms with Crippen LogP contribution in [0, 0.1) is 0 Å². The molecule has 1 aliphatic rings. The van der Waals surface area contributed by atoms with Crippen LogP contribution in [-0.2, 0) is 4.79 Å². The summed E-state index contributed by atoms with van der Waals surface area (Å²) in [5, 5.41) is 9.38. The monoisotopic (exact) mass is 152 g/mol. The van der Waals surface area contributed by atoms with Gasteiger partial charge in [0.2, 0.25) is 17.8 Å². The van der Waals surface area contributed by atoms with Crippen LogP contribution < -0.4 is 5.32 Å². The number of carbonyl (C=O) groups is 2. The second-order valence-electron chi connectivity index (χ2n) is 2.14. The zero-order chi connectivity index (χ0) is 7.84. The Morgan fingerprint density at radius 1 is 1.55 bits per heavy atom. The number of hydrogen-bond donors (Lipinski definition) is 1. The van der Waals surface area contributed by atoms with Gasteiger partial charge in [0.25, 0.3) is 0 Å². The zero-order valence-electron chi connectivity index (χ0n) is 5.44. The number of carbonyl (C=O) groups excluding carboxylic acids is 2. The third-order valence-corrected chi connectivity index (χ3v) is 1.38. The zero-order valence-corrected chi connectivity index (χ0v) is 5.44. The summed E-state index contributed by atoms with van der Waals surface area (Å²) in [6.45, 7) is 0. The van der Waals surface area contributed by atoms with E-state index in [-0.39, 0.29) is 24.2 Å². The lowest BCUT2D eigenvalue weighted by Crippen LogP contribution is -2.28. The second-order valence-corrected chi connectivity index (χ2v) is 2.14. The molecular weight excluding hydrogens is 148 g/mol. The fourth-order valence-corrected chi connectivity index (χ4v) is 0.894. The Bertz CT molecular complexity index is 329. The van der Waals surface area contributed by atoms with Gasteiger partial charge in [0.1, 0.15) is 12.7 Å². The minimum absolute atomic E-state index is 0.134. The van der Waals surface area contributed by atoms with Crippen LogP contribution >= 0.6 is 0 Å². The van der Waals surface area contributed by atoms with Crippen LogP contribution in [0.1, 0.15) is 11.2 Å². The molecule has 0 radical (unpaired) electrons. The molecule has 11 heavy (non-hydrogen) atoms. The highest BCUT2D eigenvalue weighted by atomic mass is 16.2. The van der Waals surface area contributed by atoms with Gasteiger partial charge in [-0.25, -0.2) is 4.57 Å². The summed E-state index contributed by atoms with van der Waals surface area (Å²) in [7, 11) is 0. The first kappa shape index (κ1) is 6.02. The topological polar surface area (TPSA) is 76.9 Å². The van der Waals surface area contributed by atoms with Crippen molar-refractivity contribution >= 4 is 17.8 Å². The molecule has 1 aromatic rings. The minimum Gasteiger partial charge on any atom is -0.294 e. The maximum absolute atomic E-state index is 11.0. The molecule has 0 aliphatic carbocycles. The molecule has 56 valence electrons. The largest absolute Gasteiger partial charge is 0.294 e.